The molecule has 12 heteroatoms. The van der Waals surface area contributed by atoms with Crippen LogP contribution >= 0.6 is 0 Å². The van der Waals surface area contributed by atoms with E-state index in [0.717, 1.165) is 0 Å². The van der Waals surface area contributed by atoms with Gasteiger partial charge in [-0.1, -0.05) is 23.3 Å². The summed E-state index contributed by atoms with van der Waals surface area (Å²) >= 11 is 0. The van der Waals surface area contributed by atoms with Crippen LogP contribution in [0, 0.1) is 0 Å². The van der Waals surface area contributed by atoms with Gasteiger partial charge in [0, 0.05) is 26.2 Å². The molecule has 3 rings (SSSR count). The number of amides is 2. The van der Waals surface area contributed by atoms with Crippen LogP contribution in [0.4, 0.5) is 4.79 Å². The zero-order valence-corrected chi connectivity index (χ0v) is 17.2. The molecular formula is C18H22N4O7S. The first-order chi connectivity index (χ1) is 14.4. The van der Waals surface area contributed by atoms with E-state index in [1.54, 1.807) is 31.2 Å². The lowest BCUT2D eigenvalue weighted by atomic mass is 10.3. The number of benzene rings is 1. The van der Waals surface area contributed by atoms with Crippen LogP contribution < -0.4 is 4.74 Å². The van der Waals surface area contributed by atoms with E-state index in [1.807, 2.05) is 6.07 Å². The predicted octanol–water partition coefficient (Wildman–Crippen LogP) is 0.723. The van der Waals surface area contributed by atoms with Gasteiger partial charge in [0.25, 0.3) is 5.89 Å². The van der Waals surface area contributed by atoms with Crippen molar-refractivity contribution in [2.24, 2.45) is 0 Å². The van der Waals surface area contributed by atoms with Crippen molar-refractivity contribution in [3.8, 4) is 5.75 Å². The summed E-state index contributed by atoms with van der Waals surface area (Å²) in [6, 6.07) is 8.87. The Bertz CT molecular complexity index is 969. The molecule has 1 saturated heterocycles. The molecule has 1 aromatic heterocycles. The molecule has 1 aromatic carbocycles. The summed E-state index contributed by atoms with van der Waals surface area (Å²) in [6.07, 6.45) is -0.451. The van der Waals surface area contributed by atoms with Gasteiger partial charge in [-0.15, -0.1) is 5.10 Å². The second kappa shape index (κ2) is 9.57. The van der Waals surface area contributed by atoms with Crippen LogP contribution in [-0.4, -0.2) is 79.0 Å². The number of hydrogen-bond acceptors (Lipinski definition) is 9. The smallest absolute Gasteiger partial charge is 0.409 e. The molecule has 2 amide bonds. The fourth-order valence-corrected chi connectivity index (χ4v) is 3.77. The topological polar surface area (TPSA) is 132 Å². The highest BCUT2D eigenvalue weighted by atomic mass is 32.2. The lowest BCUT2D eigenvalue weighted by Crippen LogP contribution is -2.51. The molecule has 162 valence electrons. The van der Waals surface area contributed by atoms with E-state index in [0.29, 0.717) is 5.75 Å². The van der Waals surface area contributed by atoms with Crippen molar-refractivity contribution >= 4 is 21.8 Å². The van der Waals surface area contributed by atoms with Crippen molar-refractivity contribution in [3.05, 3.63) is 36.2 Å². The van der Waals surface area contributed by atoms with E-state index >= 15 is 0 Å². The van der Waals surface area contributed by atoms with Crippen LogP contribution in [-0.2, 0) is 26.0 Å². The normalized spacial score (nSPS) is 14.4. The Labute approximate surface area is 173 Å². The van der Waals surface area contributed by atoms with Crippen LogP contribution in [0.1, 0.15) is 12.8 Å². The molecule has 0 atom stereocenters. The molecule has 0 N–H and O–H groups in total. The number of hydrogen-bond donors (Lipinski definition) is 0. The Balaban J connectivity index is 1.53. The lowest BCUT2D eigenvalue weighted by Gasteiger charge is -2.33. The summed E-state index contributed by atoms with van der Waals surface area (Å²) < 4.78 is 40.4. The first-order valence-electron chi connectivity index (χ1n) is 9.31. The number of carbonyl (C=O) groups is 2. The first-order valence-corrected chi connectivity index (χ1v) is 11.0. The molecule has 0 spiro atoms. The number of aromatic nitrogens is 2. The highest BCUT2D eigenvalue weighted by Crippen LogP contribution is 2.15. The zero-order valence-electron chi connectivity index (χ0n) is 16.4. The molecular weight excluding hydrogens is 416 g/mol. The maximum absolute atomic E-state index is 12.5. The highest BCUT2D eigenvalue weighted by molar-refractivity contribution is 7.91. The standard InChI is InChI=1S/C18H22N4O7S/c1-2-27-18(24)22-10-8-21(9-11-22)16(23)13-30(25,26)17-20-19-15(29-17)12-28-14-6-4-3-5-7-14/h3-7H,2,8-13H2,1H3. The van der Waals surface area contributed by atoms with E-state index in [4.69, 9.17) is 13.9 Å². The number of nitrogens with zero attached hydrogens (tertiary/aromatic N) is 4. The van der Waals surface area contributed by atoms with Gasteiger partial charge in [-0.05, 0) is 19.1 Å². The SMILES string of the molecule is CCOC(=O)N1CCN(C(=O)CS(=O)(=O)c2nnc(COc3ccccc3)o2)CC1. The van der Waals surface area contributed by atoms with E-state index in [1.165, 1.54) is 9.80 Å². The molecule has 0 aliphatic carbocycles. The summed E-state index contributed by atoms with van der Waals surface area (Å²) in [5.41, 5.74) is 0. The fourth-order valence-electron chi connectivity index (χ4n) is 2.75. The van der Waals surface area contributed by atoms with Gasteiger partial charge in [0.2, 0.25) is 15.7 Å². The second-order valence-corrected chi connectivity index (χ2v) is 8.26. The van der Waals surface area contributed by atoms with Gasteiger partial charge >= 0.3 is 11.3 Å². The van der Waals surface area contributed by atoms with Crippen molar-refractivity contribution in [3.63, 3.8) is 0 Å². The summed E-state index contributed by atoms with van der Waals surface area (Å²) in [6.45, 7) is 2.84. The molecule has 0 bridgehead atoms. The molecule has 0 radical (unpaired) electrons. The third kappa shape index (κ3) is 5.47. The molecule has 1 fully saturated rings. The highest BCUT2D eigenvalue weighted by Gasteiger charge is 2.31. The Kier molecular flexibility index (Phi) is 6.87. The molecule has 2 heterocycles. The van der Waals surface area contributed by atoms with E-state index < -0.39 is 32.8 Å². The van der Waals surface area contributed by atoms with Crippen molar-refractivity contribution in [1.29, 1.82) is 0 Å². The van der Waals surface area contributed by atoms with Crippen LogP contribution in [0.3, 0.4) is 0 Å². The minimum Gasteiger partial charge on any atom is -0.484 e. The van der Waals surface area contributed by atoms with Crippen molar-refractivity contribution in [1.82, 2.24) is 20.0 Å². The van der Waals surface area contributed by atoms with Crippen LogP contribution in [0.25, 0.3) is 0 Å². The lowest BCUT2D eigenvalue weighted by molar-refractivity contribution is -0.130. The molecule has 11 nitrogen and oxygen atoms in total. The summed E-state index contributed by atoms with van der Waals surface area (Å²) in [7, 11) is -4.10. The molecule has 0 unspecified atom stereocenters. The quantitative estimate of drug-likeness (QED) is 0.613. The molecule has 30 heavy (non-hydrogen) atoms. The number of piperazine rings is 1. The number of para-hydroxylation sites is 1. The van der Waals surface area contributed by atoms with Crippen molar-refractivity contribution < 1.29 is 31.9 Å². The molecule has 1 aliphatic rings. The Morgan fingerprint density at radius 3 is 2.40 bits per heavy atom. The number of ether oxygens (including phenoxy) is 2. The third-order valence-corrected chi connectivity index (χ3v) is 5.62. The average Bonchev–Trinajstić information content (AvgIpc) is 3.23. The van der Waals surface area contributed by atoms with Gasteiger partial charge in [-0.25, -0.2) is 13.2 Å². The van der Waals surface area contributed by atoms with Gasteiger partial charge in [-0.2, -0.15) is 0 Å². The first kappa shape index (κ1) is 21.6. The van der Waals surface area contributed by atoms with Gasteiger partial charge in [0.15, 0.2) is 6.61 Å². The van der Waals surface area contributed by atoms with Crippen LogP contribution in [0.5, 0.6) is 5.75 Å². The van der Waals surface area contributed by atoms with Crippen molar-refractivity contribution in [2.45, 2.75) is 18.8 Å². The minimum atomic E-state index is -4.10. The van der Waals surface area contributed by atoms with E-state index in [-0.39, 0.29) is 45.3 Å². The summed E-state index contributed by atoms with van der Waals surface area (Å²) in [5.74, 6) is -0.850. The maximum atomic E-state index is 12.5. The Morgan fingerprint density at radius 2 is 1.73 bits per heavy atom. The number of carbonyl (C=O) groups excluding carboxylic acids is 2. The van der Waals surface area contributed by atoms with Gasteiger partial charge < -0.3 is 23.7 Å². The molecule has 0 saturated carbocycles. The molecule has 2 aromatic rings. The maximum Gasteiger partial charge on any atom is 0.409 e. The van der Waals surface area contributed by atoms with Crippen molar-refractivity contribution in [2.75, 3.05) is 38.5 Å². The monoisotopic (exact) mass is 438 g/mol. The Morgan fingerprint density at radius 1 is 1.07 bits per heavy atom. The van der Waals surface area contributed by atoms with Gasteiger partial charge in [0.05, 0.1) is 6.61 Å². The largest absolute Gasteiger partial charge is 0.484 e. The fraction of sp³-hybridized carbons (Fsp3) is 0.444. The second-order valence-electron chi connectivity index (χ2n) is 6.39. The van der Waals surface area contributed by atoms with Crippen LogP contribution in [0.15, 0.2) is 40.0 Å². The van der Waals surface area contributed by atoms with Crippen LogP contribution in [0.2, 0.25) is 0 Å². The number of sulfone groups is 1. The third-order valence-electron chi connectivity index (χ3n) is 4.29. The average molecular weight is 438 g/mol. The van der Waals surface area contributed by atoms with Gasteiger partial charge in [0.1, 0.15) is 11.5 Å². The zero-order chi connectivity index (χ0) is 21.6. The summed E-state index contributed by atoms with van der Waals surface area (Å²) in [5, 5.41) is 6.56. The Hall–Kier alpha value is -3.15. The molecule has 1 aliphatic heterocycles. The minimum absolute atomic E-state index is 0.0204. The van der Waals surface area contributed by atoms with E-state index in [9.17, 15) is 18.0 Å². The number of rotatable bonds is 7. The van der Waals surface area contributed by atoms with E-state index in [2.05, 4.69) is 10.2 Å². The predicted molar refractivity (Wildman–Crippen MR) is 102 cm³/mol. The summed E-state index contributed by atoms with van der Waals surface area (Å²) in [4.78, 5) is 27.0. The van der Waals surface area contributed by atoms with Gasteiger partial charge in [-0.3, -0.25) is 4.79 Å².